The number of Topliss-reactive ketones (excluding diaryl/α,β-unsaturated/α-hetero) is 2. The molecule has 0 spiro atoms. The number of nitrogens with zero attached hydrogens (tertiary/aromatic N) is 3. The normalized spacial score (nSPS) is 22.5. The zero-order valence-corrected chi connectivity index (χ0v) is 27.1. The first-order chi connectivity index (χ1) is 21.8. The second-order valence-corrected chi connectivity index (χ2v) is 13.2. The maximum Gasteiger partial charge on any atom is 0.289 e. The van der Waals surface area contributed by atoms with Crippen molar-refractivity contribution in [1.82, 2.24) is 36.1 Å². The van der Waals surface area contributed by atoms with Gasteiger partial charge in [0, 0.05) is 43.2 Å². The summed E-state index contributed by atoms with van der Waals surface area (Å²) in [5.74, 6) is -5.63. The van der Waals surface area contributed by atoms with Gasteiger partial charge in [0.2, 0.25) is 23.5 Å². The molecule has 46 heavy (non-hydrogen) atoms. The van der Waals surface area contributed by atoms with Crippen molar-refractivity contribution in [2.24, 2.45) is 23.7 Å². The molecule has 1 aromatic heterocycles. The number of rotatable bonds is 14. The van der Waals surface area contributed by atoms with E-state index >= 15 is 0 Å². The molecule has 0 bridgehead atoms. The van der Waals surface area contributed by atoms with Crippen molar-refractivity contribution in [1.29, 1.82) is 0 Å². The standard InChI is InChI=1S/C32H45N7O7/c1-6-7-21(27(41)31(45)35-18-8-9-18)36-30(44)26-19-10-11-23(40)20(19)15-39(26)32(46)25(17(4)5)38-29(43)24(16(2)3)37-28(42)22-14-33-12-13-34-22/h12-14,16-21,24-26H,6-11,15H2,1-5H3,(H,35,45)(H,36,44)(H,37,42)(H,38,43)/t19-,20-,21?,24-,25-,26-/m0/s1. The summed E-state index contributed by atoms with van der Waals surface area (Å²) in [4.78, 5) is 102. The summed E-state index contributed by atoms with van der Waals surface area (Å²) in [6.07, 6.45) is 7.12. The van der Waals surface area contributed by atoms with Gasteiger partial charge in [0.05, 0.1) is 12.2 Å². The molecule has 2 saturated carbocycles. The highest BCUT2D eigenvalue weighted by Crippen LogP contribution is 2.41. The molecular formula is C32H45N7O7. The molecule has 6 atom stereocenters. The lowest BCUT2D eigenvalue weighted by molar-refractivity contribution is -0.145. The number of hydrogen-bond donors (Lipinski definition) is 4. The predicted molar refractivity (Wildman–Crippen MR) is 165 cm³/mol. The van der Waals surface area contributed by atoms with Gasteiger partial charge >= 0.3 is 0 Å². The first kappa shape index (κ1) is 34.6. The van der Waals surface area contributed by atoms with Crippen molar-refractivity contribution in [2.45, 2.75) is 103 Å². The van der Waals surface area contributed by atoms with Gasteiger partial charge in [-0.25, -0.2) is 4.98 Å². The smallest absolute Gasteiger partial charge is 0.289 e. The number of fused-ring (bicyclic) bond motifs is 1. The van der Waals surface area contributed by atoms with Crippen LogP contribution in [0.3, 0.4) is 0 Å². The summed E-state index contributed by atoms with van der Waals surface area (Å²) in [7, 11) is 0. The van der Waals surface area contributed by atoms with Crippen LogP contribution in [-0.4, -0.2) is 92.7 Å². The number of ketones is 2. The first-order valence-electron chi connectivity index (χ1n) is 16.2. The van der Waals surface area contributed by atoms with E-state index in [2.05, 4.69) is 31.2 Å². The summed E-state index contributed by atoms with van der Waals surface area (Å²) < 4.78 is 0. The zero-order valence-electron chi connectivity index (χ0n) is 27.1. The van der Waals surface area contributed by atoms with Crippen LogP contribution >= 0.6 is 0 Å². The van der Waals surface area contributed by atoms with E-state index in [1.807, 2.05) is 6.92 Å². The number of amides is 5. The van der Waals surface area contributed by atoms with E-state index in [1.54, 1.807) is 27.7 Å². The highest BCUT2D eigenvalue weighted by molar-refractivity contribution is 6.38. The SMILES string of the molecule is CCCC(NC(=O)[C@@H]1[C@H]2CCC(=O)[C@H]2CN1C(=O)[C@@H](NC(=O)[C@@H](NC(=O)c1cnccn1)C(C)C)C(C)C)C(=O)C(=O)NC1CC1. The molecule has 5 amide bonds. The summed E-state index contributed by atoms with van der Waals surface area (Å²) >= 11 is 0. The lowest BCUT2D eigenvalue weighted by Crippen LogP contribution is -2.60. The highest BCUT2D eigenvalue weighted by Gasteiger charge is 2.54. The van der Waals surface area contributed by atoms with Crippen LogP contribution in [0.1, 0.15) is 83.6 Å². The molecule has 3 fully saturated rings. The van der Waals surface area contributed by atoms with Crippen LogP contribution in [0.2, 0.25) is 0 Å². The molecule has 1 aromatic rings. The molecule has 14 nitrogen and oxygen atoms in total. The van der Waals surface area contributed by atoms with Crippen molar-refractivity contribution < 1.29 is 33.6 Å². The quantitative estimate of drug-likeness (QED) is 0.207. The third-order valence-corrected chi connectivity index (χ3v) is 8.95. The summed E-state index contributed by atoms with van der Waals surface area (Å²) in [5, 5.41) is 10.8. The number of carbonyl (C=O) groups is 7. The Hall–Kier alpha value is -4.23. The van der Waals surface area contributed by atoms with Crippen LogP contribution in [0, 0.1) is 23.7 Å². The Labute approximate surface area is 268 Å². The Morgan fingerprint density at radius 3 is 2.22 bits per heavy atom. The Balaban J connectivity index is 1.53. The number of carbonyl (C=O) groups excluding carboxylic acids is 7. The van der Waals surface area contributed by atoms with Crippen LogP contribution in [0.15, 0.2) is 18.6 Å². The predicted octanol–water partition coefficient (Wildman–Crippen LogP) is 0.311. The molecule has 14 heteroatoms. The number of nitrogens with one attached hydrogen (secondary N) is 4. The molecule has 1 unspecified atom stereocenters. The Kier molecular flexibility index (Phi) is 11.2. The van der Waals surface area contributed by atoms with Gasteiger partial charge in [-0.15, -0.1) is 0 Å². The fourth-order valence-corrected chi connectivity index (χ4v) is 6.23. The largest absolute Gasteiger partial charge is 0.347 e. The average Bonchev–Trinajstić information content (AvgIpc) is 3.65. The van der Waals surface area contributed by atoms with E-state index < -0.39 is 77.2 Å². The van der Waals surface area contributed by atoms with Gasteiger partial charge in [-0.3, -0.25) is 38.5 Å². The average molecular weight is 640 g/mol. The Morgan fingerprint density at radius 1 is 0.935 bits per heavy atom. The number of likely N-dealkylation sites (tertiary alicyclic amines) is 1. The monoisotopic (exact) mass is 639 g/mol. The minimum absolute atomic E-state index is 0.00505. The van der Waals surface area contributed by atoms with Crippen molar-refractivity contribution in [3.05, 3.63) is 24.3 Å². The van der Waals surface area contributed by atoms with Gasteiger partial charge in [0.25, 0.3) is 11.8 Å². The Bertz CT molecular complexity index is 1350. The van der Waals surface area contributed by atoms with Crippen LogP contribution in [0.5, 0.6) is 0 Å². The minimum Gasteiger partial charge on any atom is -0.347 e. The second-order valence-electron chi connectivity index (χ2n) is 13.2. The fourth-order valence-electron chi connectivity index (χ4n) is 6.23. The van der Waals surface area contributed by atoms with Gasteiger partial charge in [0.1, 0.15) is 29.6 Å². The molecular weight excluding hydrogens is 594 g/mol. The maximum atomic E-state index is 14.2. The third kappa shape index (κ3) is 7.94. The van der Waals surface area contributed by atoms with Gasteiger partial charge in [0.15, 0.2) is 0 Å². The first-order valence-corrected chi connectivity index (χ1v) is 16.2. The molecule has 0 radical (unpaired) electrons. The third-order valence-electron chi connectivity index (χ3n) is 8.95. The lowest BCUT2D eigenvalue weighted by atomic mass is 9.92. The summed E-state index contributed by atoms with van der Waals surface area (Å²) in [5.41, 5.74) is 0.0319. The van der Waals surface area contributed by atoms with Crippen LogP contribution in [0.25, 0.3) is 0 Å². The fraction of sp³-hybridized carbons (Fsp3) is 0.656. The molecule has 4 N–H and O–H groups in total. The number of aromatic nitrogens is 2. The van der Waals surface area contributed by atoms with E-state index in [1.165, 1.54) is 23.5 Å². The van der Waals surface area contributed by atoms with Gasteiger partial charge in [-0.1, -0.05) is 41.0 Å². The highest BCUT2D eigenvalue weighted by atomic mass is 16.2. The molecule has 2 heterocycles. The number of hydrogen-bond acceptors (Lipinski definition) is 9. The molecule has 1 aliphatic heterocycles. The van der Waals surface area contributed by atoms with E-state index in [0.29, 0.717) is 12.8 Å². The van der Waals surface area contributed by atoms with Crippen LogP contribution < -0.4 is 21.3 Å². The summed E-state index contributed by atoms with van der Waals surface area (Å²) in [6.45, 7) is 8.83. The molecule has 250 valence electrons. The molecule has 2 aliphatic carbocycles. The topological polar surface area (TPSA) is 197 Å². The maximum absolute atomic E-state index is 14.2. The lowest BCUT2D eigenvalue weighted by Gasteiger charge is -2.33. The van der Waals surface area contributed by atoms with Gasteiger partial charge < -0.3 is 26.2 Å². The van der Waals surface area contributed by atoms with Crippen LogP contribution in [-0.2, 0) is 28.8 Å². The molecule has 3 aliphatic rings. The van der Waals surface area contributed by atoms with E-state index in [0.717, 1.165) is 12.8 Å². The second kappa shape index (κ2) is 14.9. The van der Waals surface area contributed by atoms with Crippen molar-refractivity contribution >= 4 is 41.1 Å². The molecule has 0 aromatic carbocycles. The van der Waals surface area contributed by atoms with Gasteiger partial charge in [-0.05, 0) is 37.5 Å². The molecule has 4 rings (SSSR count). The van der Waals surface area contributed by atoms with Crippen molar-refractivity contribution in [3.63, 3.8) is 0 Å². The van der Waals surface area contributed by atoms with Crippen LogP contribution in [0.4, 0.5) is 0 Å². The van der Waals surface area contributed by atoms with Crippen molar-refractivity contribution in [2.75, 3.05) is 6.54 Å². The van der Waals surface area contributed by atoms with E-state index in [-0.39, 0.29) is 42.8 Å². The van der Waals surface area contributed by atoms with Crippen molar-refractivity contribution in [3.8, 4) is 0 Å². The summed E-state index contributed by atoms with van der Waals surface area (Å²) in [6, 6.07) is -4.25. The zero-order chi connectivity index (χ0) is 33.7. The molecule has 1 saturated heterocycles. The Morgan fingerprint density at radius 2 is 1.63 bits per heavy atom. The van der Waals surface area contributed by atoms with E-state index in [4.69, 9.17) is 0 Å². The van der Waals surface area contributed by atoms with Gasteiger partial charge in [-0.2, -0.15) is 0 Å². The van der Waals surface area contributed by atoms with E-state index in [9.17, 15) is 33.6 Å². The minimum atomic E-state index is -1.08.